The van der Waals surface area contributed by atoms with Crippen LogP contribution in [-0.4, -0.2) is 56.5 Å². The van der Waals surface area contributed by atoms with Crippen LogP contribution in [0.5, 0.6) is 11.5 Å². The molecule has 9 nitrogen and oxygen atoms in total. The van der Waals surface area contributed by atoms with Gasteiger partial charge in [-0.2, -0.15) is 0 Å². The largest absolute Gasteiger partial charge is 0.486 e. The maximum Gasteiger partial charge on any atom is 0.264 e. The average Bonchev–Trinajstić information content (AvgIpc) is 2.96. The van der Waals surface area contributed by atoms with Crippen molar-refractivity contribution in [3.63, 3.8) is 0 Å². The molecule has 0 unspecified atom stereocenters. The van der Waals surface area contributed by atoms with Gasteiger partial charge in [-0.05, 0) is 75.7 Å². The smallest absolute Gasteiger partial charge is 0.264 e. The van der Waals surface area contributed by atoms with Gasteiger partial charge < -0.3 is 19.7 Å². The van der Waals surface area contributed by atoms with Gasteiger partial charge in [-0.1, -0.05) is 36.2 Å². The Hall–Kier alpha value is -3.54. The van der Waals surface area contributed by atoms with E-state index in [1.54, 1.807) is 25.1 Å². The van der Waals surface area contributed by atoms with Crippen molar-refractivity contribution in [1.82, 2.24) is 10.2 Å². The summed E-state index contributed by atoms with van der Waals surface area (Å²) in [6, 6.07) is 12.7. The molecule has 1 atom stereocenters. The summed E-state index contributed by atoms with van der Waals surface area (Å²) in [7, 11) is -4.42. The summed E-state index contributed by atoms with van der Waals surface area (Å²) in [4.78, 5) is 28.8. The molecule has 4 rings (SSSR count). The summed E-state index contributed by atoms with van der Waals surface area (Å²) in [6.07, 6.45) is 0.210. The van der Waals surface area contributed by atoms with E-state index in [4.69, 9.17) is 32.7 Å². The maximum absolute atomic E-state index is 14.2. The number of ether oxygens (including phenoxy) is 2. The first-order valence-electron chi connectivity index (χ1n) is 13.9. The van der Waals surface area contributed by atoms with Crippen molar-refractivity contribution in [3.05, 3.63) is 82.1 Å². The van der Waals surface area contributed by atoms with E-state index in [0.717, 1.165) is 16.4 Å². The van der Waals surface area contributed by atoms with Crippen molar-refractivity contribution in [1.29, 1.82) is 0 Å². The van der Waals surface area contributed by atoms with Crippen LogP contribution in [-0.2, 0) is 26.2 Å². The second kappa shape index (κ2) is 13.6. The van der Waals surface area contributed by atoms with Crippen LogP contribution in [0.25, 0.3) is 0 Å². The topological polar surface area (TPSA) is 105 Å². The van der Waals surface area contributed by atoms with E-state index in [9.17, 15) is 22.4 Å². The first-order valence-corrected chi connectivity index (χ1v) is 16.1. The van der Waals surface area contributed by atoms with Crippen LogP contribution >= 0.6 is 23.2 Å². The van der Waals surface area contributed by atoms with Gasteiger partial charge in [0.05, 0.1) is 10.6 Å². The zero-order chi connectivity index (χ0) is 32.2. The fraction of sp³-hybridized carbons (Fsp3) is 0.355. The molecule has 0 spiro atoms. The Morgan fingerprint density at radius 3 is 2.18 bits per heavy atom. The minimum absolute atomic E-state index is 0.0394. The van der Waals surface area contributed by atoms with Crippen molar-refractivity contribution < 1.29 is 31.9 Å². The molecule has 1 aliphatic rings. The fourth-order valence-corrected chi connectivity index (χ4v) is 6.62. The molecule has 1 aliphatic heterocycles. The number of nitrogens with zero attached hydrogens (tertiary/aromatic N) is 2. The van der Waals surface area contributed by atoms with Crippen LogP contribution in [0.3, 0.4) is 0 Å². The molecule has 0 aliphatic carbocycles. The third-order valence-corrected chi connectivity index (χ3v) is 9.25. The molecule has 44 heavy (non-hydrogen) atoms. The molecule has 1 heterocycles. The lowest BCUT2D eigenvalue weighted by atomic mass is 10.1. The van der Waals surface area contributed by atoms with E-state index in [2.05, 4.69) is 5.32 Å². The highest BCUT2D eigenvalue weighted by Gasteiger charge is 2.35. The fourth-order valence-electron chi connectivity index (χ4n) is 4.67. The van der Waals surface area contributed by atoms with Crippen molar-refractivity contribution in [2.75, 3.05) is 24.1 Å². The van der Waals surface area contributed by atoms with E-state index in [0.29, 0.717) is 17.9 Å². The Kier molecular flexibility index (Phi) is 10.3. The first-order chi connectivity index (χ1) is 20.7. The molecule has 13 heteroatoms. The van der Waals surface area contributed by atoms with Gasteiger partial charge in [0.1, 0.15) is 31.6 Å². The summed E-state index contributed by atoms with van der Waals surface area (Å²) in [5.74, 6) is -1.10. The number of anilines is 1. The van der Waals surface area contributed by atoms with Crippen LogP contribution in [0.4, 0.5) is 10.1 Å². The summed E-state index contributed by atoms with van der Waals surface area (Å²) < 4.78 is 54.1. The predicted molar refractivity (Wildman–Crippen MR) is 167 cm³/mol. The lowest BCUT2D eigenvalue weighted by molar-refractivity contribution is -0.141. The normalized spacial score (nSPS) is 13.6. The maximum atomic E-state index is 14.2. The molecule has 0 fully saturated rings. The van der Waals surface area contributed by atoms with Gasteiger partial charge in [0, 0.05) is 33.8 Å². The summed E-state index contributed by atoms with van der Waals surface area (Å²) >= 11 is 12.9. The van der Waals surface area contributed by atoms with E-state index in [1.165, 1.54) is 35.2 Å². The van der Waals surface area contributed by atoms with Gasteiger partial charge in [-0.15, -0.1) is 0 Å². The Balaban J connectivity index is 1.78. The Bertz CT molecular complexity index is 1610. The van der Waals surface area contributed by atoms with Crippen LogP contribution in [0, 0.1) is 5.82 Å². The number of fused-ring (bicyclic) bond motifs is 1. The SMILES string of the molecule is CC[C@@H](C(=O)NC(C)(C)C)N(Cc1c(Cl)cccc1Cl)C(=O)CN(c1ccc(F)cc1)S(=O)(=O)c1ccc2c(c1)OCCO2. The molecule has 0 bridgehead atoms. The monoisotopic (exact) mass is 665 g/mol. The third kappa shape index (κ3) is 7.75. The number of nitrogens with one attached hydrogen (secondary N) is 1. The van der Waals surface area contributed by atoms with Gasteiger partial charge in [0.15, 0.2) is 11.5 Å². The number of rotatable bonds is 10. The van der Waals surface area contributed by atoms with Crippen molar-refractivity contribution in [3.8, 4) is 11.5 Å². The Morgan fingerprint density at radius 2 is 1.59 bits per heavy atom. The van der Waals surface area contributed by atoms with E-state index in [1.807, 2.05) is 20.8 Å². The lowest BCUT2D eigenvalue weighted by Crippen LogP contribution is -2.55. The highest BCUT2D eigenvalue weighted by molar-refractivity contribution is 7.92. The number of benzene rings is 3. The molecule has 3 aromatic rings. The highest BCUT2D eigenvalue weighted by atomic mass is 35.5. The number of sulfonamides is 1. The van der Waals surface area contributed by atoms with Crippen molar-refractivity contribution in [2.45, 2.75) is 57.1 Å². The summed E-state index contributed by atoms with van der Waals surface area (Å²) in [6.45, 7) is 6.84. The van der Waals surface area contributed by atoms with Gasteiger partial charge in [0.2, 0.25) is 11.8 Å². The second-order valence-electron chi connectivity index (χ2n) is 11.2. The lowest BCUT2D eigenvalue weighted by Gasteiger charge is -2.35. The minimum Gasteiger partial charge on any atom is -0.486 e. The van der Waals surface area contributed by atoms with Gasteiger partial charge in [-0.3, -0.25) is 13.9 Å². The Morgan fingerprint density at radius 1 is 0.977 bits per heavy atom. The molecule has 236 valence electrons. The number of carbonyl (C=O) groups is 2. The second-order valence-corrected chi connectivity index (χ2v) is 13.9. The zero-order valence-corrected chi connectivity index (χ0v) is 27.1. The van der Waals surface area contributed by atoms with Crippen LogP contribution < -0.4 is 19.1 Å². The average molecular weight is 667 g/mol. The quantitative estimate of drug-likeness (QED) is 0.293. The number of carbonyl (C=O) groups excluding carboxylic acids is 2. The number of amides is 2. The highest BCUT2D eigenvalue weighted by Crippen LogP contribution is 2.35. The predicted octanol–water partition coefficient (Wildman–Crippen LogP) is 5.82. The molecular formula is C31H34Cl2FN3O6S. The van der Waals surface area contributed by atoms with E-state index < -0.39 is 45.8 Å². The number of halogens is 3. The van der Waals surface area contributed by atoms with Crippen LogP contribution in [0.2, 0.25) is 10.0 Å². The van der Waals surface area contributed by atoms with E-state index >= 15 is 0 Å². The van der Waals surface area contributed by atoms with Crippen LogP contribution in [0.15, 0.2) is 65.6 Å². The van der Waals surface area contributed by atoms with Crippen LogP contribution in [0.1, 0.15) is 39.7 Å². The van der Waals surface area contributed by atoms with Gasteiger partial charge in [0.25, 0.3) is 10.0 Å². The molecule has 0 saturated heterocycles. The molecule has 0 aromatic heterocycles. The van der Waals surface area contributed by atoms with Crippen molar-refractivity contribution in [2.24, 2.45) is 0 Å². The third-order valence-electron chi connectivity index (χ3n) is 6.77. The molecular weight excluding hydrogens is 632 g/mol. The zero-order valence-electron chi connectivity index (χ0n) is 24.8. The molecule has 2 amide bonds. The number of hydrogen-bond donors (Lipinski definition) is 1. The summed E-state index contributed by atoms with van der Waals surface area (Å²) in [5, 5.41) is 3.46. The Labute approximate surface area is 266 Å². The molecule has 3 aromatic carbocycles. The standard InChI is InChI=1S/C31H34Cl2FN3O6S/c1-5-26(30(39)35-31(2,3)4)36(18-23-24(32)7-6-8-25(23)33)29(38)19-37(21-11-9-20(34)10-12-21)44(40,41)22-13-14-27-28(17-22)43-16-15-42-27/h6-14,17,26H,5,15-16,18-19H2,1-4H3,(H,35,39)/t26-/m0/s1. The van der Waals surface area contributed by atoms with Crippen molar-refractivity contribution >= 4 is 50.7 Å². The number of hydrogen-bond acceptors (Lipinski definition) is 6. The van der Waals surface area contributed by atoms with Gasteiger partial charge in [-0.25, -0.2) is 12.8 Å². The first kappa shape index (κ1) is 33.4. The van der Waals surface area contributed by atoms with Gasteiger partial charge >= 0.3 is 0 Å². The minimum atomic E-state index is -4.42. The molecule has 1 N–H and O–H groups in total. The molecule has 0 radical (unpaired) electrons. The molecule has 0 saturated carbocycles. The van der Waals surface area contributed by atoms with E-state index in [-0.39, 0.29) is 46.0 Å². The summed E-state index contributed by atoms with van der Waals surface area (Å²) in [5.41, 5.74) is -0.171.